The van der Waals surface area contributed by atoms with E-state index in [1.54, 1.807) is 0 Å². The van der Waals surface area contributed by atoms with E-state index in [-0.39, 0.29) is 0 Å². The maximum Gasteiger partial charge on any atom is 0.0734 e. The maximum atomic E-state index is 4.89. The Bertz CT molecular complexity index is 592. The maximum absolute atomic E-state index is 4.89. The Hall–Kier alpha value is -2.16. The van der Waals surface area contributed by atoms with E-state index in [9.17, 15) is 0 Å². The second kappa shape index (κ2) is 6.53. The van der Waals surface area contributed by atoms with Gasteiger partial charge in [0.2, 0.25) is 0 Å². The smallest absolute Gasteiger partial charge is 0.0734 e. The van der Waals surface area contributed by atoms with Crippen LogP contribution < -0.4 is 0 Å². The monoisotopic (exact) mass is 279 g/mol. The van der Waals surface area contributed by atoms with Crippen LogP contribution in [0.1, 0.15) is 43.4 Å². The molecule has 1 atom stereocenters. The Morgan fingerprint density at radius 2 is 2.00 bits per heavy atom. The normalized spacial score (nSPS) is 19.6. The van der Waals surface area contributed by atoms with Crippen molar-refractivity contribution < 1.29 is 0 Å². The molecule has 108 valence electrons. The van der Waals surface area contributed by atoms with E-state index in [0.29, 0.717) is 6.04 Å². The van der Waals surface area contributed by atoms with Crippen LogP contribution in [-0.2, 0) is 0 Å². The zero-order valence-corrected chi connectivity index (χ0v) is 12.4. The molecule has 3 nitrogen and oxygen atoms in total. The number of benzene rings is 1. The molecule has 2 heterocycles. The zero-order valence-electron chi connectivity index (χ0n) is 12.4. The van der Waals surface area contributed by atoms with E-state index in [2.05, 4.69) is 47.2 Å². The predicted molar refractivity (Wildman–Crippen MR) is 86.2 cm³/mol. The summed E-state index contributed by atoms with van der Waals surface area (Å²) in [5, 5.41) is 7.13. The summed E-state index contributed by atoms with van der Waals surface area (Å²) in [6.07, 6.45) is 7.42. The van der Waals surface area contributed by atoms with Gasteiger partial charge in [0.25, 0.3) is 0 Å². The number of pyridine rings is 1. The van der Waals surface area contributed by atoms with Crippen LogP contribution in [0.4, 0.5) is 0 Å². The molecule has 3 rings (SSSR count). The van der Waals surface area contributed by atoms with Gasteiger partial charge in [0.1, 0.15) is 0 Å². The van der Waals surface area contributed by atoms with E-state index in [4.69, 9.17) is 5.10 Å². The molecule has 0 bridgehead atoms. The second-order valence-corrected chi connectivity index (χ2v) is 5.51. The highest BCUT2D eigenvalue weighted by Crippen LogP contribution is 2.30. The molecular formula is C18H21N3. The predicted octanol–water partition coefficient (Wildman–Crippen LogP) is 4.03. The molecule has 0 saturated carbocycles. The van der Waals surface area contributed by atoms with Crippen molar-refractivity contribution in [1.82, 2.24) is 9.99 Å². The summed E-state index contributed by atoms with van der Waals surface area (Å²) in [5.74, 6) is 0. The van der Waals surface area contributed by atoms with Crippen molar-refractivity contribution in [3.8, 4) is 0 Å². The molecule has 0 radical (unpaired) electrons. The van der Waals surface area contributed by atoms with Gasteiger partial charge in [-0.3, -0.25) is 9.99 Å². The van der Waals surface area contributed by atoms with Crippen LogP contribution in [-0.4, -0.2) is 22.2 Å². The van der Waals surface area contributed by atoms with E-state index in [1.807, 2.05) is 24.5 Å². The van der Waals surface area contributed by atoms with Crippen molar-refractivity contribution in [3.63, 3.8) is 0 Å². The summed E-state index contributed by atoms with van der Waals surface area (Å²) < 4.78 is 0. The minimum Gasteiger partial charge on any atom is -0.289 e. The molecule has 1 aliphatic rings. The number of nitrogens with zero attached hydrogens (tertiary/aromatic N) is 3. The van der Waals surface area contributed by atoms with Crippen molar-refractivity contribution in [3.05, 3.63) is 66.0 Å². The van der Waals surface area contributed by atoms with Gasteiger partial charge in [-0.1, -0.05) is 36.4 Å². The Balaban J connectivity index is 1.85. The summed E-state index contributed by atoms with van der Waals surface area (Å²) in [6, 6.07) is 14.9. The fourth-order valence-electron chi connectivity index (χ4n) is 2.88. The first-order valence-electron chi connectivity index (χ1n) is 7.62. The van der Waals surface area contributed by atoms with Gasteiger partial charge in [0.15, 0.2) is 0 Å². The van der Waals surface area contributed by atoms with Gasteiger partial charge in [0.05, 0.1) is 11.8 Å². The number of rotatable bonds is 3. The summed E-state index contributed by atoms with van der Waals surface area (Å²) in [6.45, 7) is 3.11. The van der Waals surface area contributed by atoms with Crippen molar-refractivity contribution in [2.45, 2.75) is 32.2 Å². The van der Waals surface area contributed by atoms with Gasteiger partial charge in [-0.05, 0) is 43.4 Å². The van der Waals surface area contributed by atoms with Crippen molar-refractivity contribution >= 4 is 5.71 Å². The van der Waals surface area contributed by atoms with Crippen molar-refractivity contribution in [1.29, 1.82) is 0 Å². The lowest BCUT2D eigenvalue weighted by Crippen LogP contribution is -2.30. The Morgan fingerprint density at radius 3 is 2.76 bits per heavy atom. The summed E-state index contributed by atoms with van der Waals surface area (Å²) in [5.41, 5.74) is 3.53. The lowest BCUT2D eigenvalue weighted by Gasteiger charge is -2.34. The summed E-state index contributed by atoms with van der Waals surface area (Å²) in [4.78, 5) is 4.26. The lowest BCUT2D eigenvalue weighted by molar-refractivity contribution is 0.155. The van der Waals surface area contributed by atoms with Crippen LogP contribution in [0.5, 0.6) is 0 Å². The van der Waals surface area contributed by atoms with Gasteiger partial charge >= 0.3 is 0 Å². The molecule has 2 aromatic rings. The van der Waals surface area contributed by atoms with Crippen LogP contribution in [0.15, 0.2) is 60.0 Å². The first-order chi connectivity index (χ1) is 10.3. The number of hydrogen-bond donors (Lipinski definition) is 0. The lowest BCUT2D eigenvalue weighted by atomic mass is 9.98. The van der Waals surface area contributed by atoms with Gasteiger partial charge in [-0.25, -0.2) is 0 Å². The molecule has 0 unspecified atom stereocenters. The zero-order chi connectivity index (χ0) is 14.5. The molecule has 0 amide bonds. The van der Waals surface area contributed by atoms with Crippen molar-refractivity contribution in [2.24, 2.45) is 5.10 Å². The number of hydrazone groups is 1. The second-order valence-electron chi connectivity index (χ2n) is 5.51. The number of hydrogen-bond acceptors (Lipinski definition) is 3. The van der Waals surface area contributed by atoms with E-state index in [1.165, 1.54) is 24.0 Å². The number of aromatic nitrogens is 1. The quantitative estimate of drug-likeness (QED) is 0.793. The SMILES string of the molecule is C/C(=N\N1CCCC[C@H]1c1cccnc1)c1ccccc1. The summed E-state index contributed by atoms with van der Waals surface area (Å²) >= 11 is 0. The van der Waals surface area contributed by atoms with Crippen LogP contribution in [0.25, 0.3) is 0 Å². The molecule has 1 aliphatic heterocycles. The summed E-state index contributed by atoms with van der Waals surface area (Å²) in [7, 11) is 0. The molecule has 1 aromatic carbocycles. The first-order valence-corrected chi connectivity index (χ1v) is 7.62. The molecule has 0 spiro atoms. The topological polar surface area (TPSA) is 28.5 Å². The average Bonchev–Trinajstić information content (AvgIpc) is 2.57. The molecule has 3 heteroatoms. The third-order valence-electron chi connectivity index (χ3n) is 4.01. The van der Waals surface area contributed by atoms with Gasteiger partial charge in [0, 0.05) is 18.9 Å². The Labute approximate surface area is 126 Å². The molecule has 21 heavy (non-hydrogen) atoms. The molecule has 1 aromatic heterocycles. The van der Waals surface area contributed by atoms with Crippen LogP contribution in [0.3, 0.4) is 0 Å². The fraction of sp³-hybridized carbons (Fsp3) is 0.333. The third-order valence-corrected chi connectivity index (χ3v) is 4.01. The van der Waals surface area contributed by atoms with E-state index in [0.717, 1.165) is 18.7 Å². The number of piperidine rings is 1. The largest absolute Gasteiger partial charge is 0.289 e. The molecule has 1 saturated heterocycles. The minimum absolute atomic E-state index is 0.353. The fourth-order valence-corrected chi connectivity index (χ4v) is 2.88. The molecule has 0 aliphatic carbocycles. The van der Waals surface area contributed by atoms with Crippen molar-refractivity contribution in [2.75, 3.05) is 6.54 Å². The Kier molecular flexibility index (Phi) is 4.29. The average molecular weight is 279 g/mol. The van der Waals surface area contributed by atoms with Crippen LogP contribution >= 0.6 is 0 Å². The molecule has 0 N–H and O–H groups in total. The standard InChI is InChI=1S/C18H21N3/c1-15(16-8-3-2-4-9-16)20-21-13-6-5-11-18(21)17-10-7-12-19-14-17/h2-4,7-10,12,14,18H,5-6,11,13H2,1H3/b20-15+/t18-/m0/s1. The molecular weight excluding hydrogens is 258 g/mol. The third kappa shape index (κ3) is 3.30. The highest BCUT2D eigenvalue weighted by atomic mass is 15.5. The minimum atomic E-state index is 0.353. The highest BCUT2D eigenvalue weighted by molar-refractivity contribution is 5.98. The highest BCUT2D eigenvalue weighted by Gasteiger charge is 2.23. The first kappa shape index (κ1) is 13.8. The Morgan fingerprint density at radius 1 is 1.14 bits per heavy atom. The molecule has 1 fully saturated rings. The van der Waals surface area contributed by atoms with E-state index < -0.39 is 0 Å². The van der Waals surface area contributed by atoms with E-state index >= 15 is 0 Å². The van der Waals surface area contributed by atoms with Gasteiger partial charge in [-0.2, -0.15) is 5.10 Å². The van der Waals surface area contributed by atoms with Crippen LogP contribution in [0, 0.1) is 0 Å². The van der Waals surface area contributed by atoms with Gasteiger partial charge < -0.3 is 0 Å². The van der Waals surface area contributed by atoms with Crippen LogP contribution in [0.2, 0.25) is 0 Å². The van der Waals surface area contributed by atoms with Gasteiger partial charge in [-0.15, -0.1) is 0 Å².